The van der Waals surface area contributed by atoms with Crippen LogP contribution in [0.1, 0.15) is 16.8 Å². The molecule has 0 atom stereocenters. The van der Waals surface area contributed by atoms with E-state index in [1.807, 2.05) is 36.4 Å². The molecule has 2 heteroatoms. The molecule has 1 heterocycles. The number of pyridine rings is 1. The molecule has 3 rings (SSSR count). The number of allylic oxidation sites excluding steroid dienone is 1. The molecule has 2 aromatic carbocycles. The summed E-state index contributed by atoms with van der Waals surface area (Å²) in [6.45, 7) is 0. The van der Waals surface area contributed by atoms with Crippen molar-refractivity contribution >= 4 is 23.3 Å². The summed E-state index contributed by atoms with van der Waals surface area (Å²) in [5.74, 6) is 0. The second-order valence-corrected chi connectivity index (χ2v) is 5.63. The Hall–Kier alpha value is -2.60. The Morgan fingerprint density at radius 1 is 0.957 bits per heavy atom. The van der Waals surface area contributed by atoms with Gasteiger partial charge in [-0.2, -0.15) is 0 Å². The van der Waals surface area contributed by atoms with Crippen molar-refractivity contribution in [2.45, 2.75) is 6.42 Å². The summed E-state index contributed by atoms with van der Waals surface area (Å²) in [5, 5.41) is 0.678. The lowest BCUT2D eigenvalue weighted by Gasteiger charge is -2.05. The zero-order valence-electron chi connectivity index (χ0n) is 12.6. The summed E-state index contributed by atoms with van der Waals surface area (Å²) in [4.78, 5) is 4.30. The Balaban J connectivity index is 1.99. The third kappa shape index (κ3) is 4.43. The van der Waals surface area contributed by atoms with Crippen LogP contribution in [0.4, 0.5) is 0 Å². The topological polar surface area (TPSA) is 12.9 Å². The third-order valence-electron chi connectivity index (χ3n) is 3.48. The maximum atomic E-state index is 6.01. The van der Waals surface area contributed by atoms with Crippen molar-refractivity contribution in [3.05, 3.63) is 107 Å². The number of benzene rings is 2. The number of aromatic nitrogens is 1. The number of hydrogen-bond acceptors (Lipinski definition) is 1. The highest BCUT2D eigenvalue weighted by atomic mass is 35.5. The lowest BCUT2D eigenvalue weighted by Crippen LogP contribution is -1.89. The zero-order valence-corrected chi connectivity index (χ0v) is 13.4. The van der Waals surface area contributed by atoms with Gasteiger partial charge in [0.05, 0.1) is 5.69 Å². The fourth-order valence-electron chi connectivity index (χ4n) is 2.34. The molecule has 0 aliphatic rings. The number of hydrogen-bond donors (Lipinski definition) is 0. The maximum absolute atomic E-state index is 6.01. The van der Waals surface area contributed by atoms with Crippen LogP contribution in [0.15, 0.2) is 84.7 Å². The summed E-state index contributed by atoms with van der Waals surface area (Å²) in [6, 6.07) is 24.3. The molecule has 0 fully saturated rings. The van der Waals surface area contributed by atoms with E-state index in [0.717, 1.165) is 23.3 Å². The minimum atomic E-state index is 0.678. The smallest absolute Gasteiger partial charge is 0.0721 e. The fraction of sp³-hybridized carbons (Fsp3) is 0.0476. The number of rotatable bonds is 4. The van der Waals surface area contributed by atoms with Gasteiger partial charge in [-0.3, -0.25) is 4.98 Å². The summed E-state index contributed by atoms with van der Waals surface area (Å²) in [7, 11) is 0. The molecular weight excluding hydrogens is 302 g/mol. The first-order chi connectivity index (χ1) is 11.3. The first-order valence-corrected chi connectivity index (χ1v) is 7.85. The molecule has 112 valence electrons. The average molecular weight is 318 g/mol. The lowest BCUT2D eigenvalue weighted by atomic mass is 9.99. The van der Waals surface area contributed by atoms with Crippen molar-refractivity contribution in [2.24, 2.45) is 0 Å². The highest BCUT2D eigenvalue weighted by Gasteiger charge is 2.02. The molecule has 0 aliphatic carbocycles. The van der Waals surface area contributed by atoms with Crippen LogP contribution in [0.2, 0.25) is 5.02 Å². The Morgan fingerprint density at radius 3 is 2.35 bits per heavy atom. The fourth-order valence-corrected chi connectivity index (χ4v) is 2.51. The minimum Gasteiger partial charge on any atom is -0.256 e. The van der Waals surface area contributed by atoms with Crippen LogP contribution in [0.25, 0.3) is 11.6 Å². The molecular formula is C21H16ClN. The van der Waals surface area contributed by atoms with Gasteiger partial charge in [0.1, 0.15) is 0 Å². The van der Waals surface area contributed by atoms with Crippen LogP contribution in [-0.2, 0) is 6.42 Å². The molecule has 23 heavy (non-hydrogen) atoms. The predicted octanol–water partition coefficient (Wildman–Crippen LogP) is 5.67. The second-order valence-electron chi connectivity index (χ2n) is 5.19. The van der Waals surface area contributed by atoms with Gasteiger partial charge in [-0.25, -0.2) is 0 Å². The standard InChI is InChI=1S/C21H16ClN/c22-20-13-14-23-21(16-20)12-11-19(18-9-5-2-6-10-18)15-17-7-3-1-4-8-17/h1-10,12-14,16H,15H2. The molecule has 3 aromatic rings. The Morgan fingerprint density at radius 2 is 1.65 bits per heavy atom. The van der Waals surface area contributed by atoms with E-state index >= 15 is 0 Å². The molecule has 0 spiro atoms. The molecule has 0 radical (unpaired) electrons. The van der Waals surface area contributed by atoms with E-state index in [-0.39, 0.29) is 0 Å². The van der Waals surface area contributed by atoms with Gasteiger partial charge in [-0.05, 0) is 23.3 Å². The van der Waals surface area contributed by atoms with Crippen LogP contribution >= 0.6 is 11.6 Å². The Bertz CT molecular complexity index is 832. The molecule has 0 saturated heterocycles. The van der Waals surface area contributed by atoms with E-state index in [9.17, 15) is 0 Å². The van der Waals surface area contributed by atoms with Gasteiger partial charge in [0.15, 0.2) is 0 Å². The summed E-state index contributed by atoms with van der Waals surface area (Å²) in [5.41, 5.74) is 7.74. The monoisotopic (exact) mass is 317 g/mol. The van der Waals surface area contributed by atoms with Crippen molar-refractivity contribution in [3.63, 3.8) is 0 Å². The molecule has 1 aromatic heterocycles. The largest absolute Gasteiger partial charge is 0.256 e. The highest BCUT2D eigenvalue weighted by Crippen LogP contribution is 2.19. The average Bonchev–Trinajstić information content (AvgIpc) is 2.60. The molecule has 0 bridgehead atoms. The van der Waals surface area contributed by atoms with Gasteiger partial charge < -0.3 is 0 Å². The Labute approximate surface area is 141 Å². The van der Waals surface area contributed by atoms with Crippen LogP contribution in [0.5, 0.6) is 0 Å². The van der Waals surface area contributed by atoms with Gasteiger partial charge in [-0.1, -0.05) is 72.3 Å². The lowest BCUT2D eigenvalue weighted by molar-refractivity contribution is 1.28. The van der Waals surface area contributed by atoms with Gasteiger partial charge in [-0.15, -0.1) is 5.73 Å². The van der Waals surface area contributed by atoms with Gasteiger partial charge >= 0.3 is 0 Å². The normalized spacial score (nSPS) is 9.96. The van der Waals surface area contributed by atoms with Crippen LogP contribution in [0.3, 0.4) is 0 Å². The molecule has 0 unspecified atom stereocenters. The van der Waals surface area contributed by atoms with Gasteiger partial charge in [0, 0.05) is 29.3 Å². The van der Waals surface area contributed by atoms with E-state index in [0.29, 0.717) is 5.02 Å². The summed E-state index contributed by atoms with van der Waals surface area (Å²) >= 11 is 6.01. The van der Waals surface area contributed by atoms with Crippen molar-refractivity contribution in [2.75, 3.05) is 0 Å². The number of halogens is 1. The van der Waals surface area contributed by atoms with Crippen LogP contribution < -0.4 is 0 Å². The summed E-state index contributed by atoms with van der Waals surface area (Å²) in [6.07, 6.45) is 4.41. The molecule has 1 nitrogen and oxygen atoms in total. The SMILES string of the molecule is Clc1ccnc(C=C=C(Cc2ccccc2)c2ccccc2)c1. The van der Waals surface area contributed by atoms with E-state index in [1.165, 1.54) is 5.56 Å². The highest BCUT2D eigenvalue weighted by molar-refractivity contribution is 6.30. The van der Waals surface area contributed by atoms with E-state index in [1.54, 1.807) is 12.3 Å². The van der Waals surface area contributed by atoms with Crippen LogP contribution in [0, 0.1) is 0 Å². The Kier molecular flexibility index (Phi) is 5.06. The van der Waals surface area contributed by atoms with E-state index in [2.05, 4.69) is 47.1 Å². The second kappa shape index (κ2) is 7.60. The first kappa shape index (κ1) is 15.3. The quantitative estimate of drug-likeness (QED) is 0.565. The molecule has 0 N–H and O–H groups in total. The first-order valence-electron chi connectivity index (χ1n) is 7.48. The summed E-state index contributed by atoms with van der Waals surface area (Å²) < 4.78 is 0. The van der Waals surface area contributed by atoms with E-state index < -0.39 is 0 Å². The number of nitrogens with zero attached hydrogens (tertiary/aromatic N) is 1. The minimum absolute atomic E-state index is 0.678. The van der Waals surface area contributed by atoms with E-state index in [4.69, 9.17) is 11.6 Å². The van der Waals surface area contributed by atoms with Gasteiger partial charge in [0.2, 0.25) is 0 Å². The molecule has 0 saturated carbocycles. The maximum Gasteiger partial charge on any atom is 0.0721 e. The molecule has 0 aliphatic heterocycles. The van der Waals surface area contributed by atoms with Crippen molar-refractivity contribution in [1.29, 1.82) is 0 Å². The predicted molar refractivity (Wildman–Crippen MR) is 97.2 cm³/mol. The zero-order chi connectivity index (χ0) is 15.9. The van der Waals surface area contributed by atoms with Crippen molar-refractivity contribution in [1.82, 2.24) is 4.98 Å². The van der Waals surface area contributed by atoms with Crippen LogP contribution in [-0.4, -0.2) is 4.98 Å². The van der Waals surface area contributed by atoms with Crippen molar-refractivity contribution in [3.8, 4) is 0 Å². The van der Waals surface area contributed by atoms with Crippen molar-refractivity contribution < 1.29 is 0 Å². The third-order valence-corrected chi connectivity index (χ3v) is 3.72. The molecule has 0 amide bonds. The van der Waals surface area contributed by atoms with Gasteiger partial charge in [0.25, 0.3) is 0 Å².